The Kier molecular flexibility index (Phi) is 9.14. The molecular weight excluding hydrogens is 508 g/mol. The zero-order valence-electron chi connectivity index (χ0n) is 21.5. The number of hydrogen-bond donors (Lipinski definition) is 1. The summed E-state index contributed by atoms with van der Waals surface area (Å²) in [6.45, 7) is -0.764. The molecule has 3 saturated carbocycles. The van der Waals surface area contributed by atoms with Gasteiger partial charge in [-0.05, 0) is 73.0 Å². The fourth-order valence-electron chi connectivity index (χ4n) is 6.59. The maximum Gasteiger partial charge on any atom is 0.431 e. The molecule has 0 aromatic heterocycles. The Labute approximate surface area is 218 Å². The fourth-order valence-corrected chi connectivity index (χ4v) is 7.07. The molecule has 0 aliphatic heterocycles. The van der Waals surface area contributed by atoms with Gasteiger partial charge in [0.15, 0.2) is 0 Å². The van der Waals surface area contributed by atoms with E-state index in [2.05, 4.69) is 12.1 Å². The van der Waals surface area contributed by atoms with Crippen LogP contribution in [-0.2, 0) is 10.1 Å². The average molecular weight is 549 g/mol. The summed E-state index contributed by atoms with van der Waals surface area (Å²) >= 11 is 0. The first kappa shape index (κ1) is 28.7. The molecule has 4 rings (SSSR count). The van der Waals surface area contributed by atoms with Gasteiger partial charge < -0.3 is 4.74 Å². The first-order chi connectivity index (χ1) is 17.5. The Morgan fingerprint density at radius 3 is 1.54 bits per heavy atom. The predicted octanol–water partition coefficient (Wildman–Crippen LogP) is 8.71. The Hall–Kier alpha value is -1.35. The summed E-state index contributed by atoms with van der Waals surface area (Å²) in [6.07, 6.45) is 14.9. The van der Waals surface area contributed by atoms with Gasteiger partial charge in [0.2, 0.25) is 0 Å². The number of hydrogen-bond acceptors (Lipinski definition) is 3. The SMILES string of the molecule is O=S(=O)(O)C(F)(F)C(F)(F)CCOc1c(C2CCCCC2)cc(C2CCCCC2)cc1C1CCCCC1. The highest BCUT2D eigenvalue weighted by Crippen LogP contribution is 2.48. The molecule has 1 aromatic rings. The zero-order chi connectivity index (χ0) is 26.7. The normalized spacial score (nSPS) is 21.8. The van der Waals surface area contributed by atoms with Gasteiger partial charge in [0.25, 0.3) is 0 Å². The van der Waals surface area contributed by atoms with Crippen molar-refractivity contribution in [3.8, 4) is 5.75 Å². The van der Waals surface area contributed by atoms with E-state index in [9.17, 15) is 26.0 Å². The van der Waals surface area contributed by atoms with Crippen molar-refractivity contribution in [1.29, 1.82) is 0 Å². The minimum absolute atomic E-state index is 0.231. The van der Waals surface area contributed by atoms with E-state index in [4.69, 9.17) is 9.29 Å². The maximum atomic E-state index is 14.2. The van der Waals surface area contributed by atoms with Crippen LogP contribution >= 0.6 is 0 Å². The molecular formula is C28H40F4O4S. The number of rotatable bonds is 9. The molecule has 9 heteroatoms. The second-order valence-corrected chi connectivity index (χ2v) is 12.8. The molecule has 3 fully saturated rings. The summed E-state index contributed by atoms with van der Waals surface area (Å²) in [7, 11) is -6.26. The zero-order valence-corrected chi connectivity index (χ0v) is 22.3. The van der Waals surface area contributed by atoms with Crippen molar-refractivity contribution in [2.45, 2.75) is 132 Å². The van der Waals surface area contributed by atoms with Crippen LogP contribution in [0.25, 0.3) is 0 Å². The van der Waals surface area contributed by atoms with Crippen molar-refractivity contribution >= 4 is 10.1 Å². The van der Waals surface area contributed by atoms with E-state index < -0.39 is 34.3 Å². The third-order valence-electron chi connectivity index (χ3n) is 8.75. The fraction of sp³-hybridized carbons (Fsp3) is 0.786. The third-order valence-corrected chi connectivity index (χ3v) is 9.69. The average Bonchev–Trinajstić information content (AvgIpc) is 2.89. The lowest BCUT2D eigenvalue weighted by atomic mass is 9.75. The Morgan fingerprint density at radius 1 is 0.730 bits per heavy atom. The molecule has 0 bridgehead atoms. The molecule has 1 N–H and O–H groups in total. The van der Waals surface area contributed by atoms with E-state index in [1.807, 2.05) is 0 Å². The van der Waals surface area contributed by atoms with Crippen molar-refractivity contribution < 1.29 is 35.3 Å². The van der Waals surface area contributed by atoms with Gasteiger partial charge in [-0.3, -0.25) is 4.55 Å². The first-order valence-electron chi connectivity index (χ1n) is 14.0. The van der Waals surface area contributed by atoms with Gasteiger partial charge in [-0.15, -0.1) is 0 Å². The minimum Gasteiger partial charge on any atom is -0.493 e. The summed E-state index contributed by atoms with van der Waals surface area (Å²) in [5.41, 5.74) is 3.30. The Balaban J connectivity index is 1.68. The van der Waals surface area contributed by atoms with E-state index >= 15 is 0 Å². The van der Waals surface area contributed by atoms with Crippen molar-refractivity contribution in [3.05, 3.63) is 28.8 Å². The smallest absolute Gasteiger partial charge is 0.431 e. The lowest BCUT2D eigenvalue weighted by molar-refractivity contribution is -0.167. The van der Waals surface area contributed by atoms with Gasteiger partial charge in [-0.2, -0.15) is 26.0 Å². The van der Waals surface area contributed by atoms with Crippen LogP contribution in [0.3, 0.4) is 0 Å². The van der Waals surface area contributed by atoms with Crippen molar-refractivity contribution in [2.75, 3.05) is 6.61 Å². The van der Waals surface area contributed by atoms with Gasteiger partial charge in [-0.1, -0.05) is 69.9 Å². The van der Waals surface area contributed by atoms with E-state index in [1.165, 1.54) is 24.8 Å². The van der Waals surface area contributed by atoms with Crippen LogP contribution in [0.1, 0.15) is 137 Å². The second-order valence-electron chi connectivity index (χ2n) is 11.3. The number of alkyl halides is 4. The topological polar surface area (TPSA) is 63.6 Å². The monoisotopic (exact) mass is 548 g/mol. The first-order valence-corrected chi connectivity index (χ1v) is 15.5. The number of benzene rings is 1. The Morgan fingerprint density at radius 2 is 1.14 bits per heavy atom. The molecule has 3 aliphatic rings. The lowest BCUT2D eigenvalue weighted by Gasteiger charge is -2.32. The molecule has 0 heterocycles. The highest BCUT2D eigenvalue weighted by Gasteiger charge is 2.65. The number of halogens is 4. The molecule has 0 atom stereocenters. The molecule has 0 radical (unpaired) electrons. The highest BCUT2D eigenvalue weighted by atomic mass is 32.2. The van der Waals surface area contributed by atoms with E-state index in [-0.39, 0.29) is 11.8 Å². The Bertz CT molecular complexity index is 970. The lowest BCUT2D eigenvalue weighted by Crippen LogP contribution is -2.47. The van der Waals surface area contributed by atoms with E-state index in [0.29, 0.717) is 11.7 Å². The van der Waals surface area contributed by atoms with Crippen LogP contribution < -0.4 is 4.74 Å². The minimum atomic E-state index is -6.26. The van der Waals surface area contributed by atoms with Crippen molar-refractivity contribution in [1.82, 2.24) is 0 Å². The van der Waals surface area contributed by atoms with Crippen LogP contribution in [0.15, 0.2) is 12.1 Å². The summed E-state index contributed by atoms with van der Waals surface area (Å²) < 4.78 is 92.6. The highest BCUT2D eigenvalue weighted by molar-refractivity contribution is 7.87. The van der Waals surface area contributed by atoms with Crippen molar-refractivity contribution in [2.24, 2.45) is 0 Å². The summed E-state index contributed by atoms with van der Waals surface area (Å²) in [6, 6.07) is 4.39. The van der Waals surface area contributed by atoms with Crippen LogP contribution in [0, 0.1) is 0 Å². The van der Waals surface area contributed by atoms with Crippen LogP contribution in [0.5, 0.6) is 5.75 Å². The largest absolute Gasteiger partial charge is 0.493 e. The maximum absolute atomic E-state index is 14.2. The van der Waals surface area contributed by atoms with Gasteiger partial charge in [0.1, 0.15) is 5.75 Å². The van der Waals surface area contributed by atoms with Gasteiger partial charge in [-0.25, -0.2) is 0 Å². The number of ether oxygens (including phenoxy) is 1. The molecule has 0 unspecified atom stereocenters. The molecule has 0 amide bonds. The van der Waals surface area contributed by atoms with Gasteiger partial charge in [0.05, 0.1) is 13.0 Å². The van der Waals surface area contributed by atoms with Gasteiger partial charge in [0, 0.05) is 0 Å². The predicted molar refractivity (Wildman–Crippen MR) is 135 cm³/mol. The van der Waals surface area contributed by atoms with Crippen LogP contribution in [-0.4, -0.2) is 30.8 Å². The standard InChI is InChI=1S/C28H40F4O4S/c29-27(30,28(31,32)37(33,34)35)16-17-36-26-24(21-12-6-2-7-13-21)18-23(20-10-4-1-5-11-20)19-25(26)22-14-8-3-9-15-22/h18-22H,1-17H2,(H,33,34,35). The quantitative estimate of drug-likeness (QED) is 0.248. The molecule has 37 heavy (non-hydrogen) atoms. The van der Waals surface area contributed by atoms with Crippen LogP contribution in [0.4, 0.5) is 17.6 Å². The van der Waals surface area contributed by atoms with Gasteiger partial charge >= 0.3 is 21.3 Å². The third kappa shape index (κ3) is 6.45. The second kappa shape index (κ2) is 11.8. The molecule has 1 aromatic carbocycles. The molecule has 0 saturated heterocycles. The van der Waals surface area contributed by atoms with E-state index in [0.717, 1.165) is 88.2 Å². The summed E-state index contributed by atoms with van der Waals surface area (Å²) in [5, 5.41) is -5.58. The molecule has 0 spiro atoms. The molecule has 210 valence electrons. The van der Waals surface area contributed by atoms with E-state index in [1.54, 1.807) is 0 Å². The van der Waals surface area contributed by atoms with Crippen molar-refractivity contribution in [3.63, 3.8) is 0 Å². The summed E-state index contributed by atoms with van der Waals surface area (Å²) in [5.74, 6) is -3.49. The molecule has 3 aliphatic carbocycles. The summed E-state index contributed by atoms with van der Waals surface area (Å²) in [4.78, 5) is 0. The van der Waals surface area contributed by atoms with Crippen LogP contribution in [0.2, 0.25) is 0 Å². The molecule has 4 nitrogen and oxygen atoms in total.